The van der Waals surface area contributed by atoms with Crippen LogP contribution in [0.1, 0.15) is 30.9 Å². The average molecular weight is 281 g/mol. The summed E-state index contributed by atoms with van der Waals surface area (Å²) in [5.74, 6) is 0.639. The molecule has 21 heavy (non-hydrogen) atoms. The first kappa shape index (κ1) is 15.8. The molecular weight excluding hydrogens is 254 g/mol. The molecule has 1 unspecified atom stereocenters. The third kappa shape index (κ3) is 5.02. The lowest BCUT2D eigenvalue weighted by Crippen LogP contribution is -2.36. The molecule has 0 aliphatic rings. The lowest BCUT2D eigenvalue weighted by molar-refractivity contribution is 0.345. The average Bonchev–Trinajstić information content (AvgIpc) is 2.54. The summed E-state index contributed by atoms with van der Waals surface area (Å²) in [6.45, 7) is 2.27. The Morgan fingerprint density at radius 2 is 1.29 bits per heavy atom. The standard InChI is InChI=1S/C20H27N/c1-3-10-20(21-2)19(15-17-11-6-4-7-12-17)16-18-13-8-5-9-14-18/h4-9,11-14,19-21H,3,10,15-16H2,1-2H3. The largest absolute Gasteiger partial charge is 0.317 e. The summed E-state index contributed by atoms with van der Waals surface area (Å²) in [6.07, 6.45) is 4.74. The van der Waals surface area contributed by atoms with Gasteiger partial charge >= 0.3 is 0 Å². The van der Waals surface area contributed by atoms with Crippen molar-refractivity contribution in [2.24, 2.45) is 5.92 Å². The highest BCUT2D eigenvalue weighted by Crippen LogP contribution is 2.21. The zero-order valence-corrected chi connectivity index (χ0v) is 13.3. The highest BCUT2D eigenvalue weighted by Gasteiger charge is 2.20. The summed E-state index contributed by atoms with van der Waals surface area (Å²) in [5.41, 5.74) is 2.88. The third-order valence-corrected chi connectivity index (χ3v) is 4.22. The second kappa shape index (κ2) is 8.63. The van der Waals surface area contributed by atoms with Gasteiger partial charge in [0.05, 0.1) is 0 Å². The van der Waals surface area contributed by atoms with Crippen LogP contribution in [0, 0.1) is 5.92 Å². The Hall–Kier alpha value is -1.60. The van der Waals surface area contributed by atoms with Crippen LogP contribution < -0.4 is 5.32 Å². The maximum atomic E-state index is 3.54. The van der Waals surface area contributed by atoms with E-state index in [1.54, 1.807) is 0 Å². The van der Waals surface area contributed by atoms with E-state index < -0.39 is 0 Å². The van der Waals surface area contributed by atoms with Gasteiger partial charge in [-0.2, -0.15) is 0 Å². The molecule has 0 saturated carbocycles. The maximum Gasteiger partial charge on any atom is 0.00985 e. The second-order valence-electron chi connectivity index (χ2n) is 5.82. The number of nitrogens with one attached hydrogen (secondary N) is 1. The molecule has 0 aliphatic heterocycles. The molecule has 0 heterocycles. The maximum absolute atomic E-state index is 3.54. The molecule has 1 N–H and O–H groups in total. The minimum Gasteiger partial charge on any atom is -0.317 e. The Bertz CT molecular complexity index is 450. The Morgan fingerprint density at radius 1 is 0.810 bits per heavy atom. The van der Waals surface area contributed by atoms with Gasteiger partial charge in [-0.25, -0.2) is 0 Å². The quantitative estimate of drug-likeness (QED) is 0.752. The first-order valence-electron chi connectivity index (χ1n) is 8.08. The second-order valence-corrected chi connectivity index (χ2v) is 5.82. The normalized spacial score (nSPS) is 12.5. The van der Waals surface area contributed by atoms with E-state index in [0.29, 0.717) is 12.0 Å². The predicted octanol–water partition coefficient (Wildman–Crippen LogP) is 4.48. The zero-order chi connectivity index (χ0) is 14.9. The molecule has 1 atom stereocenters. The van der Waals surface area contributed by atoms with Crippen LogP contribution in [0.4, 0.5) is 0 Å². The van der Waals surface area contributed by atoms with E-state index in [2.05, 4.69) is 80.0 Å². The minimum absolute atomic E-state index is 0.579. The van der Waals surface area contributed by atoms with Crippen molar-refractivity contribution in [2.75, 3.05) is 7.05 Å². The monoisotopic (exact) mass is 281 g/mol. The van der Waals surface area contributed by atoms with Gasteiger partial charge in [-0.15, -0.1) is 0 Å². The summed E-state index contributed by atoms with van der Waals surface area (Å²) in [7, 11) is 2.10. The van der Waals surface area contributed by atoms with Gasteiger partial charge in [-0.3, -0.25) is 0 Å². The van der Waals surface area contributed by atoms with Crippen molar-refractivity contribution in [3.8, 4) is 0 Å². The summed E-state index contributed by atoms with van der Waals surface area (Å²) in [5, 5.41) is 3.54. The third-order valence-electron chi connectivity index (χ3n) is 4.22. The number of hydrogen-bond donors (Lipinski definition) is 1. The molecule has 0 spiro atoms. The molecule has 0 aliphatic carbocycles. The fourth-order valence-corrected chi connectivity index (χ4v) is 3.12. The Balaban J connectivity index is 2.13. The minimum atomic E-state index is 0.579. The van der Waals surface area contributed by atoms with Crippen LogP contribution in [-0.2, 0) is 12.8 Å². The van der Waals surface area contributed by atoms with Crippen molar-refractivity contribution < 1.29 is 0 Å². The van der Waals surface area contributed by atoms with Crippen LogP contribution in [0.2, 0.25) is 0 Å². The molecule has 0 amide bonds. The molecule has 0 radical (unpaired) electrons. The number of hydrogen-bond acceptors (Lipinski definition) is 1. The molecule has 2 aromatic rings. The van der Waals surface area contributed by atoms with Gasteiger partial charge < -0.3 is 5.32 Å². The van der Waals surface area contributed by atoms with Crippen molar-refractivity contribution >= 4 is 0 Å². The van der Waals surface area contributed by atoms with Crippen LogP contribution in [0.25, 0.3) is 0 Å². The lowest BCUT2D eigenvalue weighted by Gasteiger charge is -2.27. The van der Waals surface area contributed by atoms with Crippen LogP contribution in [0.3, 0.4) is 0 Å². The van der Waals surface area contributed by atoms with Crippen molar-refractivity contribution in [2.45, 2.75) is 38.6 Å². The van der Waals surface area contributed by atoms with Gasteiger partial charge in [0.2, 0.25) is 0 Å². The van der Waals surface area contributed by atoms with Gasteiger partial charge in [0.25, 0.3) is 0 Å². The topological polar surface area (TPSA) is 12.0 Å². The summed E-state index contributed by atoms with van der Waals surface area (Å²) < 4.78 is 0. The highest BCUT2D eigenvalue weighted by atomic mass is 14.9. The first-order chi connectivity index (χ1) is 10.3. The molecule has 2 rings (SSSR count). The molecule has 0 aromatic heterocycles. The predicted molar refractivity (Wildman–Crippen MR) is 91.5 cm³/mol. The SMILES string of the molecule is CCCC(NC)C(Cc1ccccc1)Cc1ccccc1. The van der Waals surface area contributed by atoms with Gasteiger partial charge in [-0.05, 0) is 43.4 Å². The fourth-order valence-electron chi connectivity index (χ4n) is 3.12. The molecule has 1 nitrogen and oxygen atoms in total. The van der Waals surface area contributed by atoms with E-state index in [-0.39, 0.29) is 0 Å². The zero-order valence-electron chi connectivity index (χ0n) is 13.3. The lowest BCUT2D eigenvalue weighted by atomic mass is 9.85. The summed E-state index contributed by atoms with van der Waals surface area (Å²) in [6, 6.07) is 22.3. The summed E-state index contributed by atoms with van der Waals surface area (Å²) >= 11 is 0. The molecule has 1 heteroatoms. The van der Waals surface area contributed by atoms with Crippen LogP contribution in [-0.4, -0.2) is 13.1 Å². The Kier molecular flexibility index (Phi) is 6.49. The van der Waals surface area contributed by atoms with Crippen molar-refractivity contribution in [3.05, 3.63) is 71.8 Å². The number of rotatable bonds is 8. The molecule has 0 bridgehead atoms. The van der Waals surface area contributed by atoms with Gasteiger partial charge in [0.15, 0.2) is 0 Å². The molecule has 2 aromatic carbocycles. The van der Waals surface area contributed by atoms with E-state index >= 15 is 0 Å². The van der Waals surface area contributed by atoms with Crippen molar-refractivity contribution in [1.29, 1.82) is 0 Å². The van der Waals surface area contributed by atoms with E-state index in [1.807, 2.05) is 0 Å². The molecule has 0 fully saturated rings. The van der Waals surface area contributed by atoms with Crippen molar-refractivity contribution in [3.63, 3.8) is 0 Å². The fraction of sp³-hybridized carbons (Fsp3) is 0.400. The summed E-state index contributed by atoms with van der Waals surface area (Å²) in [4.78, 5) is 0. The molecular formula is C20H27N. The van der Waals surface area contributed by atoms with Crippen molar-refractivity contribution in [1.82, 2.24) is 5.32 Å². The Labute approximate surface area is 129 Å². The van der Waals surface area contributed by atoms with E-state index in [4.69, 9.17) is 0 Å². The first-order valence-corrected chi connectivity index (χ1v) is 8.08. The molecule has 112 valence electrons. The van der Waals surface area contributed by atoms with E-state index in [9.17, 15) is 0 Å². The van der Waals surface area contributed by atoms with Gasteiger partial charge in [0, 0.05) is 6.04 Å². The highest BCUT2D eigenvalue weighted by molar-refractivity contribution is 5.19. The molecule has 0 saturated heterocycles. The number of benzene rings is 2. The van der Waals surface area contributed by atoms with Gasteiger partial charge in [0.1, 0.15) is 0 Å². The smallest absolute Gasteiger partial charge is 0.00985 e. The van der Waals surface area contributed by atoms with Crippen LogP contribution >= 0.6 is 0 Å². The Morgan fingerprint density at radius 3 is 1.67 bits per heavy atom. The van der Waals surface area contributed by atoms with E-state index in [1.165, 1.54) is 24.0 Å². The van der Waals surface area contributed by atoms with Crippen LogP contribution in [0.15, 0.2) is 60.7 Å². The van der Waals surface area contributed by atoms with E-state index in [0.717, 1.165) is 12.8 Å². The van der Waals surface area contributed by atoms with Crippen LogP contribution in [0.5, 0.6) is 0 Å². The van der Waals surface area contributed by atoms with Gasteiger partial charge in [-0.1, -0.05) is 74.0 Å².